The summed E-state index contributed by atoms with van der Waals surface area (Å²) >= 11 is 0. The summed E-state index contributed by atoms with van der Waals surface area (Å²) in [6.45, 7) is 4.08. The van der Waals surface area contributed by atoms with Gasteiger partial charge in [-0.3, -0.25) is 14.3 Å². The SMILES string of the molecule is CCOC(=O)CCc1ccc(NC(=O)c2cc(C)n(C)n2)cc1. The summed E-state index contributed by atoms with van der Waals surface area (Å²) in [6, 6.07) is 9.14. The molecule has 2 rings (SSSR count). The maximum atomic E-state index is 12.1. The molecule has 122 valence electrons. The molecule has 1 heterocycles. The van der Waals surface area contributed by atoms with Gasteiger partial charge in [0.2, 0.25) is 0 Å². The molecule has 0 aliphatic carbocycles. The summed E-state index contributed by atoms with van der Waals surface area (Å²) in [5.74, 6) is -0.441. The lowest BCUT2D eigenvalue weighted by molar-refractivity contribution is -0.143. The number of aromatic nitrogens is 2. The van der Waals surface area contributed by atoms with Gasteiger partial charge in [-0.2, -0.15) is 5.10 Å². The van der Waals surface area contributed by atoms with Gasteiger partial charge in [-0.15, -0.1) is 0 Å². The fourth-order valence-electron chi connectivity index (χ4n) is 2.10. The van der Waals surface area contributed by atoms with E-state index in [2.05, 4.69) is 10.4 Å². The number of rotatable bonds is 6. The third-order valence-corrected chi connectivity index (χ3v) is 3.48. The third-order valence-electron chi connectivity index (χ3n) is 3.48. The average molecular weight is 315 g/mol. The highest BCUT2D eigenvalue weighted by Gasteiger charge is 2.11. The number of ether oxygens (including phenoxy) is 1. The molecule has 0 atom stereocenters. The monoisotopic (exact) mass is 315 g/mol. The van der Waals surface area contributed by atoms with E-state index < -0.39 is 0 Å². The van der Waals surface area contributed by atoms with Crippen LogP contribution < -0.4 is 5.32 Å². The van der Waals surface area contributed by atoms with Crippen LogP contribution in [-0.4, -0.2) is 28.3 Å². The number of aryl methyl sites for hydroxylation is 3. The van der Waals surface area contributed by atoms with Crippen molar-refractivity contribution in [2.24, 2.45) is 7.05 Å². The van der Waals surface area contributed by atoms with Crippen molar-refractivity contribution in [2.45, 2.75) is 26.7 Å². The lowest BCUT2D eigenvalue weighted by atomic mass is 10.1. The number of amides is 1. The largest absolute Gasteiger partial charge is 0.466 e. The minimum atomic E-state index is -0.243. The molecule has 2 aromatic rings. The van der Waals surface area contributed by atoms with Crippen molar-refractivity contribution in [3.63, 3.8) is 0 Å². The Balaban J connectivity index is 1.92. The Bertz CT molecular complexity index is 670. The molecule has 1 aromatic carbocycles. The third kappa shape index (κ3) is 4.67. The van der Waals surface area contributed by atoms with Crippen molar-refractivity contribution in [1.29, 1.82) is 0 Å². The van der Waals surface area contributed by atoms with Crippen LogP contribution >= 0.6 is 0 Å². The van der Waals surface area contributed by atoms with E-state index in [1.807, 2.05) is 31.2 Å². The predicted molar refractivity (Wildman–Crippen MR) is 87.3 cm³/mol. The summed E-state index contributed by atoms with van der Waals surface area (Å²) in [6.07, 6.45) is 0.971. The van der Waals surface area contributed by atoms with Gasteiger partial charge < -0.3 is 10.1 Å². The average Bonchev–Trinajstić information content (AvgIpc) is 2.86. The second-order valence-electron chi connectivity index (χ2n) is 5.25. The Morgan fingerprint density at radius 3 is 2.52 bits per heavy atom. The summed E-state index contributed by atoms with van der Waals surface area (Å²) in [5, 5.41) is 6.95. The number of nitrogens with zero attached hydrogens (tertiary/aromatic N) is 2. The fraction of sp³-hybridized carbons (Fsp3) is 0.353. The Labute approximate surface area is 135 Å². The maximum absolute atomic E-state index is 12.1. The zero-order valence-corrected chi connectivity index (χ0v) is 13.6. The lowest BCUT2D eigenvalue weighted by Gasteiger charge is -2.05. The molecule has 0 saturated carbocycles. The Kier molecular flexibility index (Phi) is 5.51. The highest BCUT2D eigenvalue weighted by molar-refractivity contribution is 6.02. The molecule has 23 heavy (non-hydrogen) atoms. The van der Waals surface area contributed by atoms with Crippen molar-refractivity contribution in [1.82, 2.24) is 9.78 Å². The van der Waals surface area contributed by atoms with Crippen LogP contribution in [-0.2, 0) is 23.0 Å². The highest BCUT2D eigenvalue weighted by Crippen LogP contribution is 2.13. The Morgan fingerprint density at radius 1 is 1.26 bits per heavy atom. The molecule has 0 bridgehead atoms. The number of carbonyl (C=O) groups excluding carboxylic acids is 2. The summed E-state index contributed by atoms with van der Waals surface area (Å²) in [7, 11) is 1.80. The summed E-state index contributed by atoms with van der Waals surface area (Å²) in [5.41, 5.74) is 3.02. The maximum Gasteiger partial charge on any atom is 0.306 e. The normalized spacial score (nSPS) is 10.4. The van der Waals surface area contributed by atoms with Gasteiger partial charge in [0.1, 0.15) is 0 Å². The Morgan fingerprint density at radius 2 is 1.96 bits per heavy atom. The first-order valence-electron chi connectivity index (χ1n) is 7.56. The van der Waals surface area contributed by atoms with E-state index in [1.54, 1.807) is 24.7 Å². The minimum absolute atomic E-state index is 0.199. The van der Waals surface area contributed by atoms with Crippen molar-refractivity contribution in [2.75, 3.05) is 11.9 Å². The van der Waals surface area contributed by atoms with E-state index >= 15 is 0 Å². The van der Waals surface area contributed by atoms with Gasteiger partial charge in [0.05, 0.1) is 6.61 Å². The fourth-order valence-corrected chi connectivity index (χ4v) is 2.10. The highest BCUT2D eigenvalue weighted by atomic mass is 16.5. The molecular weight excluding hydrogens is 294 g/mol. The molecule has 1 N–H and O–H groups in total. The molecule has 0 unspecified atom stereocenters. The number of hydrogen-bond donors (Lipinski definition) is 1. The molecule has 0 fully saturated rings. The van der Waals surface area contributed by atoms with E-state index in [-0.39, 0.29) is 11.9 Å². The molecule has 6 heteroatoms. The first-order valence-corrected chi connectivity index (χ1v) is 7.56. The predicted octanol–water partition coefficient (Wildman–Crippen LogP) is 2.48. The standard InChI is InChI=1S/C17H21N3O3/c1-4-23-16(21)10-7-13-5-8-14(9-6-13)18-17(22)15-11-12(2)20(3)19-15/h5-6,8-9,11H,4,7,10H2,1-3H3,(H,18,22). The molecule has 1 aromatic heterocycles. The van der Waals surface area contributed by atoms with Crippen molar-refractivity contribution >= 4 is 17.6 Å². The van der Waals surface area contributed by atoms with Crippen molar-refractivity contribution < 1.29 is 14.3 Å². The van der Waals surface area contributed by atoms with E-state index in [0.717, 1.165) is 11.3 Å². The minimum Gasteiger partial charge on any atom is -0.466 e. The molecular formula is C17H21N3O3. The van der Waals surface area contributed by atoms with Crippen molar-refractivity contribution in [3.05, 3.63) is 47.3 Å². The van der Waals surface area contributed by atoms with Crippen molar-refractivity contribution in [3.8, 4) is 0 Å². The van der Waals surface area contributed by atoms with Crippen LogP contribution in [0, 0.1) is 6.92 Å². The Hall–Kier alpha value is -2.63. The van der Waals surface area contributed by atoms with E-state index in [0.29, 0.717) is 30.8 Å². The number of carbonyl (C=O) groups is 2. The number of benzene rings is 1. The first-order chi connectivity index (χ1) is 11.0. The van der Waals surface area contributed by atoms with Gasteiger partial charge in [-0.05, 0) is 44.0 Å². The van der Waals surface area contributed by atoms with E-state index in [9.17, 15) is 9.59 Å². The summed E-state index contributed by atoms with van der Waals surface area (Å²) < 4.78 is 6.56. The van der Waals surface area contributed by atoms with Crippen LogP contribution in [0.25, 0.3) is 0 Å². The van der Waals surface area contributed by atoms with Crippen LogP contribution in [0.5, 0.6) is 0 Å². The van der Waals surface area contributed by atoms with Gasteiger partial charge >= 0.3 is 5.97 Å². The topological polar surface area (TPSA) is 73.2 Å². The van der Waals surface area contributed by atoms with E-state index in [4.69, 9.17) is 4.74 Å². The van der Waals surface area contributed by atoms with Crippen LogP contribution in [0.15, 0.2) is 30.3 Å². The van der Waals surface area contributed by atoms with Crippen LogP contribution in [0.3, 0.4) is 0 Å². The van der Waals surface area contributed by atoms with Crippen LogP contribution in [0.2, 0.25) is 0 Å². The van der Waals surface area contributed by atoms with Crippen LogP contribution in [0.4, 0.5) is 5.69 Å². The van der Waals surface area contributed by atoms with Gasteiger partial charge in [0.15, 0.2) is 5.69 Å². The lowest BCUT2D eigenvalue weighted by Crippen LogP contribution is -2.13. The van der Waals surface area contributed by atoms with E-state index in [1.165, 1.54) is 0 Å². The van der Waals surface area contributed by atoms with Gasteiger partial charge in [0.25, 0.3) is 5.91 Å². The molecule has 0 saturated heterocycles. The number of nitrogens with one attached hydrogen (secondary N) is 1. The number of hydrogen-bond acceptors (Lipinski definition) is 4. The number of anilines is 1. The quantitative estimate of drug-likeness (QED) is 0.831. The van der Waals surface area contributed by atoms with Gasteiger partial charge in [0, 0.05) is 24.8 Å². The van der Waals surface area contributed by atoms with Crippen LogP contribution in [0.1, 0.15) is 35.1 Å². The molecule has 0 aliphatic heterocycles. The zero-order chi connectivity index (χ0) is 16.8. The summed E-state index contributed by atoms with van der Waals surface area (Å²) in [4.78, 5) is 23.4. The first kappa shape index (κ1) is 16.7. The molecule has 0 aliphatic rings. The second kappa shape index (κ2) is 7.58. The molecule has 6 nitrogen and oxygen atoms in total. The molecule has 0 spiro atoms. The van der Waals surface area contributed by atoms with Gasteiger partial charge in [-0.25, -0.2) is 0 Å². The zero-order valence-electron chi connectivity index (χ0n) is 13.6. The smallest absolute Gasteiger partial charge is 0.306 e. The van der Waals surface area contributed by atoms with Gasteiger partial charge in [-0.1, -0.05) is 12.1 Å². The molecule has 0 radical (unpaired) electrons. The second-order valence-corrected chi connectivity index (χ2v) is 5.25. The molecule has 1 amide bonds. The number of esters is 1.